The van der Waals surface area contributed by atoms with E-state index in [2.05, 4.69) is 89.0 Å². The van der Waals surface area contributed by atoms with Crippen molar-refractivity contribution < 1.29 is 30.3 Å². The molecule has 36 heavy (non-hydrogen) atoms. The van der Waals surface area contributed by atoms with E-state index in [-0.39, 0.29) is 49.1 Å². The standard InChI is InChI=1S/C17H14N.C15H28O2.Ir/c1-12-7-13(2)9-16(8-12)17-10-14-5-3-4-6-15(14)11-18-17;1-14(2)8-5-6-10-7-9-15(3,4)13(17)11(10)12(14)16;/h3-8,10-11H,1-2H3;10-13,16-17H,5-9H2,1-4H3;/q-1;;. The molecule has 2 fully saturated rings. The molecule has 1 radical (unpaired) electrons. The van der Waals surface area contributed by atoms with Gasteiger partial charge in [0.1, 0.15) is 0 Å². The van der Waals surface area contributed by atoms with Crippen molar-refractivity contribution in [3.63, 3.8) is 0 Å². The predicted octanol–water partition coefficient (Wildman–Crippen LogP) is 7.29. The Labute approximate surface area is 231 Å². The average molecular weight is 665 g/mol. The molecule has 0 aliphatic heterocycles. The predicted molar refractivity (Wildman–Crippen MR) is 145 cm³/mol. The van der Waals surface area contributed by atoms with Crippen LogP contribution < -0.4 is 0 Å². The maximum Gasteiger partial charge on any atom is 0.0646 e. The maximum absolute atomic E-state index is 10.7. The number of aliphatic hydroxyl groups is 2. The molecule has 3 aromatic rings. The van der Waals surface area contributed by atoms with Gasteiger partial charge in [-0.3, -0.25) is 0 Å². The van der Waals surface area contributed by atoms with Crippen LogP contribution in [0.15, 0.2) is 48.7 Å². The van der Waals surface area contributed by atoms with Crippen molar-refractivity contribution >= 4 is 10.8 Å². The fraction of sp³-hybridized carbons (Fsp3) is 0.531. The monoisotopic (exact) mass is 665 g/mol. The third-order valence-electron chi connectivity index (χ3n) is 8.49. The molecule has 0 bridgehead atoms. The molecule has 4 heteroatoms. The summed E-state index contributed by atoms with van der Waals surface area (Å²) < 4.78 is 0. The molecule has 1 aromatic heterocycles. The van der Waals surface area contributed by atoms with Gasteiger partial charge in [-0.05, 0) is 58.9 Å². The van der Waals surface area contributed by atoms with Crippen molar-refractivity contribution in [2.45, 2.75) is 85.9 Å². The zero-order chi connectivity index (χ0) is 25.4. The number of hydrogen-bond acceptors (Lipinski definition) is 3. The number of fused-ring (bicyclic) bond motifs is 2. The van der Waals surface area contributed by atoms with Gasteiger partial charge in [0.2, 0.25) is 0 Å². The molecule has 4 atom stereocenters. The van der Waals surface area contributed by atoms with Crippen LogP contribution in [0.1, 0.15) is 70.9 Å². The molecule has 2 aliphatic rings. The van der Waals surface area contributed by atoms with Gasteiger partial charge in [-0.2, -0.15) is 0 Å². The van der Waals surface area contributed by atoms with Crippen molar-refractivity contribution in [1.29, 1.82) is 0 Å². The zero-order valence-electron chi connectivity index (χ0n) is 22.6. The quantitative estimate of drug-likeness (QED) is 0.269. The van der Waals surface area contributed by atoms with Gasteiger partial charge in [0.25, 0.3) is 0 Å². The van der Waals surface area contributed by atoms with Crippen molar-refractivity contribution in [2.75, 3.05) is 0 Å². The van der Waals surface area contributed by atoms with Gasteiger partial charge in [0, 0.05) is 32.2 Å². The Kier molecular flexibility index (Phi) is 9.21. The van der Waals surface area contributed by atoms with Crippen LogP contribution in [-0.2, 0) is 20.1 Å². The third kappa shape index (κ3) is 6.27. The number of benzene rings is 2. The fourth-order valence-corrected chi connectivity index (χ4v) is 6.20. The fourth-order valence-electron chi connectivity index (χ4n) is 6.20. The Bertz CT molecular complexity index is 1150. The Morgan fingerprint density at radius 2 is 1.50 bits per heavy atom. The second-order valence-corrected chi connectivity index (χ2v) is 12.3. The molecular formula is C32H42IrNO2-. The van der Waals surface area contributed by atoms with E-state index in [9.17, 15) is 10.2 Å². The van der Waals surface area contributed by atoms with Crippen LogP contribution in [0, 0.1) is 42.6 Å². The van der Waals surface area contributed by atoms with Crippen LogP contribution in [0.25, 0.3) is 22.0 Å². The Morgan fingerprint density at radius 1 is 0.861 bits per heavy atom. The SMILES string of the molecule is CC1(C)CCCC2CCC(C)(C)C(O)C2C1O.Cc1[c-]c(-c2cc3ccccc3cn2)cc(C)c1.[Ir]. The van der Waals surface area contributed by atoms with E-state index in [1.165, 1.54) is 35.6 Å². The second-order valence-electron chi connectivity index (χ2n) is 12.3. The summed E-state index contributed by atoms with van der Waals surface area (Å²) in [5.74, 6) is 0.603. The molecule has 2 aromatic carbocycles. The first-order valence-electron chi connectivity index (χ1n) is 13.2. The van der Waals surface area contributed by atoms with Crippen LogP contribution in [0.3, 0.4) is 0 Å². The molecule has 2 aliphatic carbocycles. The van der Waals surface area contributed by atoms with Gasteiger partial charge >= 0.3 is 0 Å². The second kappa shape index (κ2) is 11.4. The molecule has 5 rings (SSSR count). The first-order valence-corrected chi connectivity index (χ1v) is 13.2. The summed E-state index contributed by atoms with van der Waals surface area (Å²) in [6.07, 6.45) is 6.92. The summed E-state index contributed by atoms with van der Waals surface area (Å²) in [6, 6.07) is 18.0. The normalized spacial score (nSPS) is 26.6. The van der Waals surface area contributed by atoms with E-state index in [1.54, 1.807) is 0 Å². The largest absolute Gasteiger partial charge is 0.392 e. The number of pyridine rings is 1. The van der Waals surface area contributed by atoms with Crippen LogP contribution in [0.2, 0.25) is 0 Å². The van der Waals surface area contributed by atoms with Gasteiger partial charge in [0.05, 0.1) is 12.2 Å². The number of nitrogens with zero attached hydrogens (tertiary/aromatic N) is 1. The first-order chi connectivity index (χ1) is 16.5. The zero-order valence-corrected chi connectivity index (χ0v) is 25.0. The maximum atomic E-state index is 10.7. The van der Waals surface area contributed by atoms with E-state index in [0.717, 1.165) is 29.7 Å². The molecule has 0 amide bonds. The Balaban J connectivity index is 0.000000196. The van der Waals surface area contributed by atoms with Crippen LogP contribution >= 0.6 is 0 Å². The molecule has 0 spiro atoms. The van der Waals surface area contributed by atoms with E-state index >= 15 is 0 Å². The summed E-state index contributed by atoms with van der Waals surface area (Å²) >= 11 is 0. The number of aliphatic hydroxyl groups excluding tert-OH is 2. The Hall–Kier alpha value is -1.58. The summed E-state index contributed by atoms with van der Waals surface area (Å²) in [5, 5.41) is 23.6. The van der Waals surface area contributed by atoms with Gasteiger partial charge in [0.15, 0.2) is 0 Å². The van der Waals surface area contributed by atoms with Gasteiger partial charge < -0.3 is 15.2 Å². The number of aryl methyl sites for hydroxylation is 2. The Morgan fingerprint density at radius 3 is 2.17 bits per heavy atom. The molecule has 1 heterocycles. The average Bonchev–Trinajstić information content (AvgIpc) is 2.91. The van der Waals surface area contributed by atoms with Gasteiger partial charge in [-0.25, -0.2) is 0 Å². The van der Waals surface area contributed by atoms with Crippen molar-refractivity contribution in [3.8, 4) is 11.3 Å². The molecule has 2 saturated carbocycles. The number of hydrogen-bond donors (Lipinski definition) is 2. The van der Waals surface area contributed by atoms with E-state index in [1.807, 2.05) is 12.3 Å². The molecule has 4 unspecified atom stereocenters. The van der Waals surface area contributed by atoms with Gasteiger partial charge in [-0.1, -0.05) is 78.3 Å². The van der Waals surface area contributed by atoms with Crippen molar-refractivity contribution in [2.24, 2.45) is 22.7 Å². The van der Waals surface area contributed by atoms with Crippen molar-refractivity contribution in [3.05, 3.63) is 65.9 Å². The summed E-state index contributed by atoms with van der Waals surface area (Å²) in [5.41, 5.74) is 4.37. The third-order valence-corrected chi connectivity index (χ3v) is 8.49. The van der Waals surface area contributed by atoms with Crippen molar-refractivity contribution in [1.82, 2.24) is 4.98 Å². The van der Waals surface area contributed by atoms with Gasteiger partial charge in [-0.15, -0.1) is 34.9 Å². The minimum Gasteiger partial charge on any atom is -0.392 e. The molecule has 3 nitrogen and oxygen atoms in total. The molecule has 0 saturated heterocycles. The molecule has 197 valence electrons. The van der Waals surface area contributed by atoms with E-state index in [4.69, 9.17) is 0 Å². The number of aromatic nitrogens is 1. The topological polar surface area (TPSA) is 53.4 Å². The van der Waals surface area contributed by atoms with E-state index < -0.39 is 0 Å². The van der Waals surface area contributed by atoms with Crippen LogP contribution in [0.5, 0.6) is 0 Å². The van der Waals surface area contributed by atoms with Crippen LogP contribution in [0.4, 0.5) is 0 Å². The smallest absolute Gasteiger partial charge is 0.0646 e. The minimum atomic E-state index is -0.357. The first kappa shape index (κ1) is 29.0. The summed E-state index contributed by atoms with van der Waals surface area (Å²) in [6.45, 7) is 12.7. The van der Waals surface area contributed by atoms with Crippen LogP contribution in [-0.4, -0.2) is 27.4 Å². The minimum absolute atomic E-state index is 0. The molecular weight excluding hydrogens is 623 g/mol. The van der Waals surface area contributed by atoms with E-state index in [0.29, 0.717) is 5.92 Å². The number of rotatable bonds is 1. The summed E-state index contributed by atoms with van der Waals surface area (Å²) in [4.78, 5) is 4.53. The summed E-state index contributed by atoms with van der Waals surface area (Å²) in [7, 11) is 0. The molecule has 2 N–H and O–H groups in total.